The van der Waals surface area contributed by atoms with Gasteiger partial charge in [0.05, 0.1) is 0 Å². The molecule has 0 bridgehead atoms. The van der Waals surface area contributed by atoms with Gasteiger partial charge in [0.2, 0.25) is 5.91 Å². The fourth-order valence-corrected chi connectivity index (χ4v) is 2.95. The lowest BCUT2D eigenvalue weighted by Gasteiger charge is -2.11. The molecule has 24 heavy (non-hydrogen) atoms. The second-order valence-corrected chi connectivity index (χ2v) is 6.43. The van der Waals surface area contributed by atoms with Crippen LogP contribution in [0.15, 0.2) is 48.5 Å². The van der Waals surface area contributed by atoms with Crippen LogP contribution >= 0.6 is 0 Å². The van der Waals surface area contributed by atoms with Crippen LogP contribution in [0.5, 0.6) is 0 Å². The van der Waals surface area contributed by atoms with Crippen molar-refractivity contribution in [2.75, 3.05) is 0 Å². The van der Waals surface area contributed by atoms with E-state index in [4.69, 9.17) is 0 Å². The van der Waals surface area contributed by atoms with Crippen molar-refractivity contribution in [3.8, 4) is 0 Å². The number of aryl methyl sites for hydroxylation is 2. The Kier molecular flexibility index (Phi) is 5.28. The molecule has 3 N–H and O–H groups in total. The minimum Gasteiger partial charge on any atom is -0.351 e. The predicted molar refractivity (Wildman–Crippen MR) is 96.3 cm³/mol. The molecule has 1 aliphatic heterocycles. The molecule has 2 aromatic carbocycles. The third-order valence-electron chi connectivity index (χ3n) is 4.60. The summed E-state index contributed by atoms with van der Waals surface area (Å²) < 4.78 is 0. The lowest BCUT2D eigenvalue weighted by atomic mass is 10.0. The number of amides is 1. The molecular weight excluding hydrogens is 298 g/mol. The highest BCUT2D eigenvalue weighted by Gasteiger charge is 2.29. The Bertz CT molecular complexity index is 679. The van der Waals surface area contributed by atoms with Crippen molar-refractivity contribution in [3.05, 3.63) is 70.8 Å². The monoisotopic (exact) mass is 323 g/mol. The van der Waals surface area contributed by atoms with Gasteiger partial charge in [-0.15, -0.1) is 0 Å². The lowest BCUT2D eigenvalue weighted by Crippen LogP contribution is -2.42. The third-order valence-corrected chi connectivity index (χ3v) is 4.60. The number of carbonyl (C=O) groups is 1. The number of benzene rings is 2. The number of hydrogen-bond donors (Lipinski definition) is 3. The predicted octanol–water partition coefficient (Wildman–Crippen LogP) is 2.78. The van der Waals surface area contributed by atoms with E-state index < -0.39 is 0 Å². The second-order valence-electron chi connectivity index (χ2n) is 6.43. The Morgan fingerprint density at radius 2 is 1.71 bits per heavy atom. The van der Waals surface area contributed by atoms with E-state index in [-0.39, 0.29) is 18.0 Å². The molecule has 1 aliphatic rings. The molecule has 126 valence electrons. The number of carbonyl (C=O) groups excluding carboxylic acids is 1. The van der Waals surface area contributed by atoms with Crippen molar-refractivity contribution < 1.29 is 4.79 Å². The first kappa shape index (κ1) is 16.7. The van der Waals surface area contributed by atoms with Gasteiger partial charge in [-0.2, -0.15) is 0 Å². The zero-order valence-corrected chi connectivity index (χ0v) is 14.3. The zero-order valence-electron chi connectivity index (χ0n) is 14.3. The zero-order chi connectivity index (χ0) is 16.9. The molecule has 1 fully saturated rings. The van der Waals surface area contributed by atoms with E-state index in [0.717, 1.165) is 18.4 Å². The summed E-state index contributed by atoms with van der Waals surface area (Å²) in [5, 5.41) is 3.02. The van der Waals surface area contributed by atoms with Crippen LogP contribution in [-0.2, 0) is 17.8 Å². The fourth-order valence-electron chi connectivity index (χ4n) is 2.95. The van der Waals surface area contributed by atoms with E-state index in [9.17, 15) is 4.79 Å². The van der Waals surface area contributed by atoms with Gasteiger partial charge in [0.1, 0.15) is 6.04 Å². The van der Waals surface area contributed by atoms with Crippen molar-refractivity contribution in [3.63, 3.8) is 0 Å². The quantitative estimate of drug-likeness (QED) is 0.793. The Balaban J connectivity index is 1.51. The first-order valence-electron chi connectivity index (χ1n) is 8.59. The molecule has 0 aromatic heterocycles. The first-order chi connectivity index (χ1) is 11.7. The number of rotatable bonds is 5. The van der Waals surface area contributed by atoms with Gasteiger partial charge in [-0.05, 0) is 36.5 Å². The highest BCUT2D eigenvalue weighted by molar-refractivity contribution is 5.82. The van der Waals surface area contributed by atoms with Crippen molar-refractivity contribution in [2.45, 2.75) is 45.3 Å². The van der Waals surface area contributed by atoms with Crippen molar-refractivity contribution in [2.24, 2.45) is 0 Å². The summed E-state index contributed by atoms with van der Waals surface area (Å²) in [4.78, 5) is 12.4. The summed E-state index contributed by atoms with van der Waals surface area (Å²) in [6, 6.07) is 16.8. The number of hydrazine groups is 1. The Morgan fingerprint density at radius 1 is 1.04 bits per heavy atom. The van der Waals surface area contributed by atoms with Crippen LogP contribution < -0.4 is 16.2 Å². The van der Waals surface area contributed by atoms with E-state index in [0.29, 0.717) is 6.54 Å². The molecule has 0 spiro atoms. The maximum absolute atomic E-state index is 12.4. The Labute approximate surface area is 143 Å². The van der Waals surface area contributed by atoms with Crippen LogP contribution in [0.4, 0.5) is 0 Å². The molecule has 3 rings (SSSR count). The number of hydrogen-bond acceptors (Lipinski definition) is 3. The maximum Gasteiger partial charge on any atom is 0.238 e. The maximum atomic E-state index is 12.4. The largest absolute Gasteiger partial charge is 0.351 e. The normalized spacial score (nSPS) is 20.1. The molecule has 1 amide bonds. The van der Waals surface area contributed by atoms with Crippen molar-refractivity contribution in [1.82, 2.24) is 16.2 Å². The SMILES string of the molecule is CCc1ccc(CNC(=O)C2CC(c3ccc(C)cc3)NN2)cc1. The van der Waals surface area contributed by atoms with Crippen molar-refractivity contribution in [1.29, 1.82) is 0 Å². The van der Waals surface area contributed by atoms with Crippen LogP contribution in [-0.4, -0.2) is 11.9 Å². The van der Waals surface area contributed by atoms with E-state index in [2.05, 4.69) is 78.5 Å². The minimum absolute atomic E-state index is 0.0386. The topological polar surface area (TPSA) is 53.2 Å². The lowest BCUT2D eigenvalue weighted by molar-refractivity contribution is -0.123. The molecule has 4 nitrogen and oxygen atoms in total. The molecule has 4 heteroatoms. The van der Waals surface area contributed by atoms with Crippen LogP contribution in [0.2, 0.25) is 0 Å². The summed E-state index contributed by atoms with van der Waals surface area (Å²) in [7, 11) is 0. The number of nitrogens with one attached hydrogen (secondary N) is 3. The van der Waals surface area contributed by atoms with Crippen LogP contribution in [0.25, 0.3) is 0 Å². The summed E-state index contributed by atoms with van der Waals surface area (Å²) >= 11 is 0. The van der Waals surface area contributed by atoms with Gasteiger partial charge in [-0.25, -0.2) is 10.9 Å². The molecule has 1 heterocycles. The molecule has 1 saturated heterocycles. The van der Waals surface area contributed by atoms with Gasteiger partial charge in [0, 0.05) is 12.6 Å². The van der Waals surface area contributed by atoms with E-state index in [1.165, 1.54) is 16.7 Å². The summed E-state index contributed by atoms with van der Waals surface area (Å²) in [5.41, 5.74) is 11.2. The molecular formula is C20H25N3O. The molecule has 0 radical (unpaired) electrons. The highest BCUT2D eigenvalue weighted by atomic mass is 16.2. The fraction of sp³-hybridized carbons (Fsp3) is 0.350. The highest BCUT2D eigenvalue weighted by Crippen LogP contribution is 2.22. The van der Waals surface area contributed by atoms with Gasteiger partial charge < -0.3 is 5.32 Å². The van der Waals surface area contributed by atoms with Gasteiger partial charge in [0.15, 0.2) is 0 Å². The summed E-state index contributed by atoms with van der Waals surface area (Å²) in [5.74, 6) is 0.0386. The Hall–Kier alpha value is -2.17. The van der Waals surface area contributed by atoms with E-state index >= 15 is 0 Å². The Morgan fingerprint density at radius 3 is 2.38 bits per heavy atom. The average Bonchev–Trinajstić information content (AvgIpc) is 3.11. The van der Waals surface area contributed by atoms with E-state index in [1.807, 2.05) is 0 Å². The summed E-state index contributed by atoms with van der Waals surface area (Å²) in [6.45, 7) is 4.78. The molecule has 0 saturated carbocycles. The second kappa shape index (κ2) is 7.60. The first-order valence-corrected chi connectivity index (χ1v) is 8.59. The molecule has 2 aromatic rings. The standard InChI is InChI=1S/C20H25N3O/c1-3-15-6-8-16(9-7-15)13-21-20(24)19-12-18(22-23-19)17-10-4-14(2)5-11-17/h4-11,18-19,22-23H,3,12-13H2,1-2H3,(H,21,24). The van der Waals surface area contributed by atoms with Gasteiger partial charge in [0.25, 0.3) is 0 Å². The third kappa shape index (κ3) is 4.02. The van der Waals surface area contributed by atoms with Crippen LogP contribution in [0, 0.1) is 6.92 Å². The smallest absolute Gasteiger partial charge is 0.238 e. The van der Waals surface area contributed by atoms with Crippen LogP contribution in [0.1, 0.15) is 41.6 Å². The molecule has 0 aliphatic carbocycles. The van der Waals surface area contributed by atoms with Gasteiger partial charge >= 0.3 is 0 Å². The van der Waals surface area contributed by atoms with Crippen LogP contribution in [0.3, 0.4) is 0 Å². The van der Waals surface area contributed by atoms with Gasteiger partial charge in [-0.3, -0.25) is 4.79 Å². The summed E-state index contributed by atoms with van der Waals surface area (Å²) in [6.07, 6.45) is 1.79. The van der Waals surface area contributed by atoms with E-state index in [1.54, 1.807) is 0 Å². The molecule has 2 unspecified atom stereocenters. The molecule has 2 atom stereocenters. The van der Waals surface area contributed by atoms with Gasteiger partial charge in [-0.1, -0.05) is 61.0 Å². The van der Waals surface area contributed by atoms with Crippen molar-refractivity contribution >= 4 is 5.91 Å². The minimum atomic E-state index is -0.203. The average molecular weight is 323 g/mol.